The smallest absolute Gasteiger partial charge is 0.251 e. The fourth-order valence-electron chi connectivity index (χ4n) is 3.63. The maximum atomic E-state index is 12.8. The molecule has 31 heavy (non-hydrogen) atoms. The Morgan fingerprint density at radius 1 is 1.13 bits per heavy atom. The maximum absolute atomic E-state index is 12.8. The van der Waals surface area contributed by atoms with E-state index in [1.54, 1.807) is 36.5 Å². The first-order valence-corrected chi connectivity index (χ1v) is 10.5. The van der Waals surface area contributed by atoms with E-state index >= 15 is 0 Å². The molecule has 3 rings (SSSR count). The summed E-state index contributed by atoms with van der Waals surface area (Å²) in [5.41, 5.74) is 6.49. The summed E-state index contributed by atoms with van der Waals surface area (Å²) in [6, 6.07) is 11.7. The number of benzene rings is 1. The Hall–Kier alpha value is -3.42. The van der Waals surface area contributed by atoms with Gasteiger partial charge < -0.3 is 21.3 Å². The van der Waals surface area contributed by atoms with Crippen LogP contribution in [0.15, 0.2) is 48.7 Å². The lowest BCUT2D eigenvalue weighted by molar-refractivity contribution is -0.122. The number of rotatable bonds is 7. The normalized spacial score (nSPS) is 17.1. The first-order valence-electron chi connectivity index (χ1n) is 10.5. The lowest BCUT2D eigenvalue weighted by Crippen LogP contribution is -2.47. The molecule has 8 nitrogen and oxygen atoms in total. The number of carbonyl (C=O) groups is 3. The molecular formula is C23H29N5O3. The third kappa shape index (κ3) is 5.81. The van der Waals surface area contributed by atoms with E-state index < -0.39 is 6.04 Å². The summed E-state index contributed by atoms with van der Waals surface area (Å²) in [5, 5.41) is 5.64. The van der Waals surface area contributed by atoms with Crippen molar-refractivity contribution in [3.63, 3.8) is 0 Å². The van der Waals surface area contributed by atoms with E-state index in [9.17, 15) is 14.4 Å². The average molecular weight is 424 g/mol. The molecule has 1 saturated heterocycles. The highest BCUT2D eigenvalue weighted by Gasteiger charge is 2.26. The molecule has 1 aliphatic rings. The van der Waals surface area contributed by atoms with Gasteiger partial charge in [0.2, 0.25) is 11.8 Å². The fourth-order valence-corrected chi connectivity index (χ4v) is 3.63. The van der Waals surface area contributed by atoms with Crippen LogP contribution in [-0.4, -0.2) is 41.8 Å². The van der Waals surface area contributed by atoms with Crippen molar-refractivity contribution in [2.24, 2.45) is 17.6 Å². The Labute approximate surface area is 182 Å². The predicted molar refractivity (Wildman–Crippen MR) is 120 cm³/mol. The number of nitrogens with two attached hydrogens (primary N) is 1. The second-order valence-electron chi connectivity index (χ2n) is 8.14. The molecule has 0 aliphatic carbocycles. The zero-order chi connectivity index (χ0) is 22.4. The molecule has 164 valence electrons. The van der Waals surface area contributed by atoms with Crippen LogP contribution in [0.1, 0.15) is 37.0 Å². The van der Waals surface area contributed by atoms with Crippen molar-refractivity contribution < 1.29 is 14.4 Å². The van der Waals surface area contributed by atoms with Crippen LogP contribution >= 0.6 is 0 Å². The summed E-state index contributed by atoms with van der Waals surface area (Å²) in [6.07, 6.45) is 3.26. The molecule has 1 aromatic heterocycles. The van der Waals surface area contributed by atoms with Crippen LogP contribution in [0.4, 0.5) is 11.5 Å². The molecule has 1 aromatic carbocycles. The van der Waals surface area contributed by atoms with Gasteiger partial charge in [0.05, 0.1) is 17.8 Å². The molecule has 1 fully saturated rings. The topological polar surface area (TPSA) is 117 Å². The van der Waals surface area contributed by atoms with Crippen LogP contribution in [-0.2, 0) is 9.59 Å². The summed E-state index contributed by atoms with van der Waals surface area (Å²) in [6.45, 7) is 5.11. The van der Waals surface area contributed by atoms with E-state index in [-0.39, 0.29) is 29.6 Å². The number of nitrogens with zero attached hydrogens (tertiary/aromatic N) is 2. The van der Waals surface area contributed by atoms with E-state index in [1.807, 2.05) is 30.9 Å². The molecule has 0 bridgehead atoms. The van der Waals surface area contributed by atoms with E-state index in [0.717, 1.165) is 25.2 Å². The van der Waals surface area contributed by atoms with Crippen LogP contribution < -0.4 is 21.3 Å². The molecule has 0 spiro atoms. The highest BCUT2D eigenvalue weighted by atomic mass is 16.2. The van der Waals surface area contributed by atoms with Gasteiger partial charge in [-0.05, 0) is 43.0 Å². The Kier molecular flexibility index (Phi) is 7.23. The highest BCUT2D eigenvalue weighted by molar-refractivity contribution is 6.01. The van der Waals surface area contributed by atoms with Crippen molar-refractivity contribution in [3.05, 3.63) is 54.2 Å². The number of amides is 3. The summed E-state index contributed by atoms with van der Waals surface area (Å²) in [4.78, 5) is 43.2. The number of anilines is 2. The number of nitrogens with one attached hydrogen (secondary N) is 2. The van der Waals surface area contributed by atoms with Crippen molar-refractivity contribution in [2.45, 2.75) is 32.7 Å². The summed E-state index contributed by atoms with van der Waals surface area (Å²) >= 11 is 0. The minimum atomic E-state index is -0.689. The number of hydrogen-bond acceptors (Lipinski definition) is 5. The molecule has 2 aromatic rings. The highest BCUT2D eigenvalue weighted by Crippen LogP contribution is 2.22. The van der Waals surface area contributed by atoms with Gasteiger partial charge in [0.1, 0.15) is 11.9 Å². The van der Waals surface area contributed by atoms with Crippen molar-refractivity contribution in [3.8, 4) is 0 Å². The molecule has 0 saturated carbocycles. The van der Waals surface area contributed by atoms with Gasteiger partial charge in [-0.3, -0.25) is 14.4 Å². The van der Waals surface area contributed by atoms with Crippen LogP contribution in [0, 0.1) is 11.8 Å². The molecule has 8 heteroatoms. The lowest BCUT2D eigenvalue weighted by Gasteiger charge is -2.32. The zero-order valence-electron chi connectivity index (χ0n) is 17.9. The molecule has 2 heterocycles. The van der Waals surface area contributed by atoms with Crippen molar-refractivity contribution in [1.29, 1.82) is 0 Å². The Bertz CT molecular complexity index is 915. The average Bonchev–Trinajstić information content (AvgIpc) is 2.78. The van der Waals surface area contributed by atoms with Crippen molar-refractivity contribution in [1.82, 2.24) is 10.3 Å². The Morgan fingerprint density at radius 3 is 2.48 bits per heavy atom. The van der Waals surface area contributed by atoms with Crippen molar-refractivity contribution in [2.75, 3.05) is 23.3 Å². The van der Waals surface area contributed by atoms with E-state index in [0.29, 0.717) is 17.8 Å². The van der Waals surface area contributed by atoms with Gasteiger partial charge in [0, 0.05) is 18.7 Å². The quantitative estimate of drug-likeness (QED) is 0.631. The lowest BCUT2D eigenvalue weighted by atomic mass is 9.97. The summed E-state index contributed by atoms with van der Waals surface area (Å²) < 4.78 is 0. The van der Waals surface area contributed by atoms with E-state index in [2.05, 4.69) is 15.6 Å². The van der Waals surface area contributed by atoms with Gasteiger partial charge in [-0.2, -0.15) is 0 Å². The Morgan fingerprint density at radius 2 is 1.87 bits per heavy atom. The van der Waals surface area contributed by atoms with Gasteiger partial charge in [0.15, 0.2) is 0 Å². The second-order valence-corrected chi connectivity index (χ2v) is 8.14. The monoisotopic (exact) mass is 423 g/mol. The fraction of sp³-hybridized carbons (Fsp3) is 0.391. The van der Waals surface area contributed by atoms with Crippen LogP contribution in [0.5, 0.6) is 0 Å². The van der Waals surface area contributed by atoms with E-state index in [1.165, 1.54) is 0 Å². The number of pyridine rings is 1. The predicted octanol–water partition coefficient (Wildman–Crippen LogP) is 2.18. The first-order chi connectivity index (χ1) is 14.8. The SMILES string of the molecule is CC(C)C(NC(=O)c1ccccc1)C(=O)Nc1ccc(N2CCCC(C(N)=O)C2)nc1. The maximum Gasteiger partial charge on any atom is 0.251 e. The molecule has 2 unspecified atom stereocenters. The third-order valence-electron chi connectivity index (χ3n) is 5.43. The molecule has 1 aliphatic heterocycles. The zero-order valence-corrected chi connectivity index (χ0v) is 17.9. The molecule has 3 amide bonds. The van der Waals surface area contributed by atoms with Crippen molar-refractivity contribution >= 4 is 29.2 Å². The van der Waals surface area contributed by atoms with Gasteiger partial charge in [0.25, 0.3) is 5.91 Å². The number of aromatic nitrogens is 1. The van der Waals surface area contributed by atoms with Gasteiger partial charge in [-0.25, -0.2) is 4.98 Å². The summed E-state index contributed by atoms with van der Waals surface area (Å²) in [5.74, 6) is -0.417. The molecular weight excluding hydrogens is 394 g/mol. The van der Waals surface area contributed by atoms with Gasteiger partial charge in [-0.1, -0.05) is 32.0 Å². The standard InChI is InChI=1S/C23H29N5O3/c1-15(2)20(27-22(30)16-7-4-3-5-8-16)23(31)26-18-10-11-19(25-13-18)28-12-6-9-17(14-28)21(24)29/h3-5,7-8,10-11,13,15,17,20H,6,9,12,14H2,1-2H3,(H2,24,29)(H,26,31)(H,27,30). The van der Waals surface area contributed by atoms with E-state index in [4.69, 9.17) is 5.73 Å². The molecule has 4 N–H and O–H groups in total. The second kappa shape index (κ2) is 10.1. The van der Waals surface area contributed by atoms with Crippen LogP contribution in [0.25, 0.3) is 0 Å². The number of carbonyl (C=O) groups excluding carboxylic acids is 3. The summed E-state index contributed by atoms with van der Waals surface area (Å²) in [7, 11) is 0. The minimum Gasteiger partial charge on any atom is -0.369 e. The first kappa shape index (κ1) is 22.3. The number of primary amides is 1. The van der Waals surface area contributed by atoms with Crippen LogP contribution in [0.3, 0.4) is 0 Å². The number of piperidine rings is 1. The third-order valence-corrected chi connectivity index (χ3v) is 5.43. The van der Waals surface area contributed by atoms with Gasteiger partial charge in [-0.15, -0.1) is 0 Å². The number of hydrogen-bond donors (Lipinski definition) is 3. The van der Waals surface area contributed by atoms with Gasteiger partial charge >= 0.3 is 0 Å². The van der Waals surface area contributed by atoms with Crippen LogP contribution in [0.2, 0.25) is 0 Å². The minimum absolute atomic E-state index is 0.0982. The molecule has 0 radical (unpaired) electrons. The molecule has 2 atom stereocenters. The Balaban J connectivity index is 1.63. The largest absolute Gasteiger partial charge is 0.369 e.